The first-order valence-corrected chi connectivity index (χ1v) is 7.56. The van der Waals surface area contributed by atoms with Crippen LogP contribution < -0.4 is 4.74 Å². The number of allylic oxidation sites excluding steroid dienone is 2. The molecule has 0 bridgehead atoms. The summed E-state index contributed by atoms with van der Waals surface area (Å²) >= 11 is 0. The number of carbonyl (C=O) groups excluding carboxylic acids is 2. The molecule has 128 valence electrons. The zero-order valence-electron chi connectivity index (χ0n) is 13.7. The fourth-order valence-corrected chi connectivity index (χ4v) is 2.04. The van der Waals surface area contributed by atoms with Crippen molar-refractivity contribution >= 4 is 23.7 Å². The van der Waals surface area contributed by atoms with Crippen molar-refractivity contribution in [3.63, 3.8) is 0 Å². The molecule has 5 nitrogen and oxygen atoms in total. The van der Waals surface area contributed by atoms with Crippen LogP contribution in [0.1, 0.15) is 17.5 Å². The monoisotopic (exact) mass is 338 g/mol. The number of ketones is 2. The number of phenols is 2. The number of ether oxygens (including phenoxy) is 1. The van der Waals surface area contributed by atoms with Gasteiger partial charge in [-0.15, -0.1) is 0 Å². The number of benzene rings is 2. The highest BCUT2D eigenvalue weighted by atomic mass is 16.5. The van der Waals surface area contributed by atoms with Gasteiger partial charge in [-0.05, 0) is 48.1 Å². The van der Waals surface area contributed by atoms with Crippen molar-refractivity contribution in [2.24, 2.45) is 0 Å². The van der Waals surface area contributed by atoms with Crippen molar-refractivity contribution in [3.8, 4) is 17.2 Å². The number of phenolic OH excluding ortho intramolecular Hbond substituents is 2. The molecule has 0 radical (unpaired) electrons. The molecule has 2 aromatic carbocycles. The Morgan fingerprint density at radius 3 is 2.20 bits per heavy atom. The highest BCUT2D eigenvalue weighted by Gasteiger charge is 2.05. The van der Waals surface area contributed by atoms with E-state index in [9.17, 15) is 19.8 Å². The Morgan fingerprint density at radius 2 is 1.60 bits per heavy atom. The Kier molecular flexibility index (Phi) is 6.12. The normalized spacial score (nSPS) is 11.1. The zero-order valence-corrected chi connectivity index (χ0v) is 13.7. The number of hydrogen-bond donors (Lipinski definition) is 2. The third-order valence-electron chi connectivity index (χ3n) is 3.39. The van der Waals surface area contributed by atoms with Crippen LogP contribution >= 0.6 is 0 Å². The Labute approximate surface area is 145 Å². The molecule has 0 aliphatic carbocycles. The quantitative estimate of drug-likeness (QED) is 0.597. The van der Waals surface area contributed by atoms with E-state index in [0.717, 1.165) is 5.56 Å². The van der Waals surface area contributed by atoms with Crippen LogP contribution in [-0.2, 0) is 9.59 Å². The first-order valence-electron chi connectivity index (χ1n) is 7.56. The zero-order chi connectivity index (χ0) is 18.2. The Hall–Kier alpha value is -3.34. The highest BCUT2D eigenvalue weighted by molar-refractivity contribution is 6.10. The van der Waals surface area contributed by atoms with Gasteiger partial charge < -0.3 is 14.9 Å². The summed E-state index contributed by atoms with van der Waals surface area (Å²) in [5.74, 6) is -0.0553. The van der Waals surface area contributed by atoms with E-state index >= 15 is 0 Å². The fourth-order valence-electron chi connectivity index (χ4n) is 2.04. The maximum Gasteiger partial charge on any atom is 0.163 e. The van der Waals surface area contributed by atoms with Crippen molar-refractivity contribution in [3.05, 3.63) is 65.7 Å². The van der Waals surface area contributed by atoms with Gasteiger partial charge in [-0.25, -0.2) is 0 Å². The lowest BCUT2D eigenvalue weighted by atomic mass is 10.1. The minimum absolute atomic E-state index is 0.0121. The smallest absolute Gasteiger partial charge is 0.163 e. The molecule has 0 amide bonds. The Morgan fingerprint density at radius 1 is 0.960 bits per heavy atom. The van der Waals surface area contributed by atoms with Crippen LogP contribution in [0, 0.1) is 0 Å². The van der Waals surface area contributed by atoms with Crippen molar-refractivity contribution in [2.45, 2.75) is 6.42 Å². The molecule has 0 saturated heterocycles. The van der Waals surface area contributed by atoms with Gasteiger partial charge >= 0.3 is 0 Å². The first kappa shape index (κ1) is 18.0. The second kappa shape index (κ2) is 8.49. The van der Waals surface area contributed by atoms with Gasteiger partial charge in [0, 0.05) is 11.6 Å². The number of hydrogen-bond acceptors (Lipinski definition) is 5. The Balaban J connectivity index is 1.92. The molecule has 0 aliphatic heterocycles. The molecule has 2 N–H and O–H groups in total. The van der Waals surface area contributed by atoms with Crippen molar-refractivity contribution in [1.29, 1.82) is 0 Å². The molecule has 2 aromatic rings. The van der Waals surface area contributed by atoms with E-state index in [1.54, 1.807) is 30.3 Å². The predicted molar refractivity (Wildman–Crippen MR) is 95.5 cm³/mol. The molecule has 5 heteroatoms. The van der Waals surface area contributed by atoms with Crippen LogP contribution in [0.5, 0.6) is 17.2 Å². The number of aromatic hydroxyl groups is 2. The van der Waals surface area contributed by atoms with E-state index in [1.165, 1.54) is 43.5 Å². The van der Waals surface area contributed by atoms with E-state index in [1.807, 2.05) is 0 Å². The summed E-state index contributed by atoms with van der Waals surface area (Å²) in [7, 11) is 1.49. The van der Waals surface area contributed by atoms with E-state index in [-0.39, 0.29) is 29.5 Å². The molecule has 0 aromatic heterocycles. The average Bonchev–Trinajstić information content (AvgIpc) is 2.60. The number of rotatable bonds is 7. The average molecular weight is 338 g/mol. The van der Waals surface area contributed by atoms with Crippen LogP contribution in [0.3, 0.4) is 0 Å². The van der Waals surface area contributed by atoms with E-state index < -0.39 is 0 Å². The lowest BCUT2D eigenvalue weighted by Crippen LogP contribution is -2.01. The van der Waals surface area contributed by atoms with Crippen LogP contribution in [0.15, 0.2) is 54.6 Å². The minimum atomic E-state index is -0.365. The van der Waals surface area contributed by atoms with Crippen LogP contribution in [0.2, 0.25) is 0 Å². The molecular formula is C20H18O5. The molecule has 25 heavy (non-hydrogen) atoms. The van der Waals surface area contributed by atoms with Crippen molar-refractivity contribution in [1.82, 2.24) is 0 Å². The summed E-state index contributed by atoms with van der Waals surface area (Å²) in [6.07, 6.45) is 5.35. The fraction of sp³-hybridized carbons (Fsp3) is 0.100. The molecule has 0 unspecified atom stereocenters. The summed E-state index contributed by atoms with van der Waals surface area (Å²) in [6, 6.07) is 11.1. The van der Waals surface area contributed by atoms with Crippen molar-refractivity contribution in [2.75, 3.05) is 7.11 Å². The summed E-state index contributed by atoms with van der Waals surface area (Å²) < 4.78 is 4.98. The van der Waals surface area contributed by atoms with E-state index in [0.29, 0.717) is 11.3 Å². The Bertz CT molecular complexity index is 816. The molecule has 0 saturated carbocycles. The van der Waals surface area contributed by atoms with Gasteiger partial charge in [-0.2, -0.15) is 0 Å². The van der Waals surface area contributed by atoms with Gasteiger partial charge in [0.25, 0.3) is 0 Å². The third-order valence-corrected chi connectivity index (χ3v) is 3.39. The van der Waals surface area contributed by atoms with Gasteiger partial charge in [-0.1, -0.05) is 18.2 Å². The standard InChI is InChI=1S/C20H18O5/c1-25-19-11-6-15(20(24)13-19)5-10-18(23)12-17(22)9-4-14-2-7-16(21)8-3-14/h2-11,13,21,24H,12H2,1H3/b9-4+,10-5+. The van der Waals surface area contributed by atoms with E-state index in [2.05, 4.69) is 0 Å². The topological polar surface area (TPSA) is 83.8 Å². The van der Waals surface area contributed by atoms with Crippen LogP contribution in [0.4, 0.5) is 0 Å². The summed E-state index contributed by atoms with van der Waals surface area (Å²) in [4.78, 5) is 23.6. The first-order chi connectivity index (χ1) is 12.0. The van der Waals surface area contributed by atoms with Crippen LogP contribution in [0.25, 0.3) is 12.2 Å². The molecule has 0 heterocycles. The van der Waals surface area contributed by atoms with Gasteiger partial charge in [0.1, 0.15) is 17.2 Å². The maximum atomic E-state index is 11.8. The highest BCUT2D eigenvalue weighted by Crippen LogP contribution is 2.24. The minimum Gasteiger partial charge on any atom is -0.508 e. The largest absolute Gasteiger partial charge is 0.508 e. The lowest BCUT2D eigenvalue weighted by molar-refractivity contribution is -0.121. The van der Waals surface area contributed by atoms with Crippen molar-refractivity contribution < 1.29 is 24.5 Å². The second-order valence-electron chi connectivity index (χ2n) is 5.29. The summed E-state index contributed by atoms with van der Waals surface area (Å²) in [5.41, 5.74) is 1.21. The number of methoxy groups -OCH3 is 1. The SMILES string of the molecule is COc1ccc(/C=C/C(=O)CC(=O)/C=C/c2ccc(O)cc2)c(O)c1. The second-order valence-corrected chi connectivity index (χ2v) is 5.29. The molecule has 2 rings (SSSR count). The molecule has 0 aliphatic rings. The third kappa shape index (κ3) is 5.66. The van der Waals surface area contributed by atoms with E-state index in [4.69, 9.17) is 4.74 Å². The van der Waals surface area contributed by atoms with Crippen LogP contribution in [-0.4, -0.2) is 28.9 Å². The van der Waals surface area contributed by atoms with Gasteiger partial charge in [0.2, 0.25) is 0 Å². The molecule has 0 spiro atoms. The predicted octanol–water partition coefficient (Wildman–Crippen LogP) is 3.36. The summed E-state index contributed by atoms with van der Waals surface area (Å²) in [5, 5.41) is 19.0. The summed E-state index contributed by atoms with van der Waals surface area (Å²) in [6.45, 7) is 0. The number of carbonyl (C=O) groups is 2. The molecule has 0 fully saturated rings. The molecular weight excluding hydrogens is 320 g/mol. The van der Waals surface area contributed by atoms with Gasteiger partial charge in [0.05, 0.1) is 13.5 Å². The lowest BCUT2D eigenvalue weighted by Gasteiger charge is -2.02. The maximum absolute atomic E-state index is 11.8. The van der Waals surface area contributed by atoms with Gasteiger partial charge in [0.15, 0.2) is 11.6 Å². The molecule has 0 atom stereocenters. The van der Waals surface area contributed by atoms with Gasteiger partial charge in [-0.3, -0.25) is 9.59 Å².